The molecule has 0 radical (unpaired) electrons. The van der Waals surface area contributed by atoms with Crippen LogP contribution in [0.4, 0.5) is 28.8 Å². The number of rotatable bonds is 7. The molecule has 0 aliphatic heterocycles. The summed E-state index contributed by atoms with van der Waals surface area (Å²) in [6.45, 7) is 5.64. The Morgan fingerprint density at radius 2 is 1.39 bits per heavy atom. The highest BCUT2D eigenvalue weighted by Gasteiger charge is 2.15. The van der Waals surface area contributed by atoms with E-state index in [1.165, 1.54) is 0 Å². The summed E-state index contributed by atoms with van der Waals surface area (Å²) in [5.74, 6) is 2.49. The standard InChI is InChI=1S/C24H24N6O2S/c1-16-7-12-21(14-17(16)2)33(31,32)30-20-10-8-19(9-11-20)28-23-15-24(27-18(3)26-23)29-22-6-4-5-13-25-22/h4-15,30H,1-3H3,(H2,25,26,27,28,29). The number of nitrogens with one attached hydrogen (secondary N) is 3. The first-order valence-electron chi connectivity index (χ1n) is 10.3. The zero-order valence-electron chi connectivity index (χ0n) is 18.5. The molecule has 3 N–H and O–H groups in total. The predicted octanol–water partition coefficient (Wildman–Crippen LogP) is 5.08. The molecule has 2 heterocycles. The molecule has 0 saturated carbocycles. The summed E-state index contributed by atoms with van der Waals surface area (Å²) in [5, 5.41) is 6.37. The number of anilines is 5. The van der Waals surface area contributed by atoms with E-state index in [1.54, 1.807) is 61.7 Å². The monoisotopic (exact) mass is 460 g/mol. The molecule has 0 aliphatic carbocycles. The highest BCUT2D eigenvalue weighted by molar-refractivity contribution is 7.92. The van der Waals surface area contributed by atoms with Crippen LogP contribution in [0.15, 0.2) is 77.8 Å². The number of pyridine rings is 1. The largest absolute Gasteiger partial charge is 0.340 e. The lowest BCUT2D eigenvalue weighted by Gasteiger charge is -2.12. The molecule has 168 valence electrons. The molecule has 0 saturated heterocycles. The van der Waals surface area contributed by atoms with Gasteiger partial charge in [-0.15, -0.1) is 0 Å². The summed E-state index contributed by atoms with van der Waals surface area (Å²) < 4.78 is 28.0. The van der Waals surface area contributed by atoms with Crippen molar-refractivity contribution in [3.8, 4) is 0 Å². The lowest BCUT2D eigenvalue weighted by atomic mass is 10.1. The second-order valence-electron chi connectivity index (χ2n) is 7.58. The minimum atomic E-state index is -3.67. The van der Waals surface area contributed by atoms with Gasteiger partial charge in [-0.3, -0.25) is 4.72 Å². The second-order valence-corrected chi connectivity index (χ2v) is 9.26. The van der Waals surface area contributed by atoms with Gasteiger partial charge in [-0.25, -0.2) is 23.4 Å². The average Bonchev–Trinajstić information content (AvgIpc) is 2.77. The minimum absolute atomic E-state index is 0.234. The Labute approximate surface area is 193 Å². The van der Waals surface area contributed by atoms with Crippen molar-refractivity contribution in [1.82, 2.24) is 15.0 Å². The van der Waals surface area contributed by atoms with Crippen LogP contribution in [-0.4, -0.2) is 23.4 Å². The van der Waals surface area contributed by atoms with Crippen molar-refractivity contribution in [2.45, 2.75) is 25.7 Å². The van der Waals surface area contributed by atoms with Crippen LogP contribution in [0.2, 0.25) is 0 Å². The maximum Gasteiger partial charge on any atom is 0.261 e. The van der Waals surface area contributed by atoms with Crippen molar-refractivity contribution < 1.29 is 8.42 Å². The van der Waals surface area contributed by atoms with Crippen LogP contribution in [0.1, 0.15) is 17.0 Å². The third kappa shape index (κ3) is 5.64. The summed E-state index contributed by atoms with van der Waals surface area (Å²) in [6.07, 6.45) is 1.70. The molecule has 0 fully saturated rings. The van der Waals surface area contributed by atoms with E-state index in [-0.39, 0.29) is 4.90 Å². The highest BCUT2D eigenvalue weighted by atomic mass is 32.2. The number of aryl methyl sites for hydroxylation is 3. The van der Waals surface area contributed by atoms with Crippen LogP contribution in [0.3, 0.4) is 0 Å². The summed E-state index contributed by atoms with van der Waals surface area (Å²) in [4.78, 5) is 13.3. The van der Waals surface area contributed by atoms with Gasteiger partial charge in [0.1, 0.15) is 23.3 Å². The number of nitrogens with zero attached hydrogens (tertiary/aromatic N) is 3. The Morgan fingerprint density at radius 3 is 2.06 bits per heavy atom. The van der Waals surface area contributed by atoms with Gasteiger partial charge in [-0.2, -0.15) is 0 Å². The first-order valence-corrected chi connectivity index (χ1v) is 11.8. The molecular formula is C24H24N6O2S. The zero-order valence-corrected chi connectivity index (χ0v) is 19.3. The SMILES string of the molecule is Cc1nc(Nc2ccc(NS(=O)(=O)c3ccc(C)c(C)c3)cc2)cc(Nc2ccccn2)n1. The third-order valence-corrected chi connectivity index (χ3v) is 6.34. The number of sulfonamides is 1. The van der Waals surface area contributed by atoms with Crippen molar-refractivity contribution in [2.24, 2.45) is 0 Å². The number of hydrogen-bond donors (Lipinski definition) is 3. The van der Waals surface area contributed by atoms with Crippen molar-refractivity contribution >= 4 is 38.9 Å². The average molecular weight is 461 g/mol. The molecule has 2 aromatic heterocycles. The number of hydrogen-bond acceptors (Lipinski definition) is 7. The lowest BCUT2D eigenvalue weighted by Crippen LogP contribution is -2.13. The van der Waals surface area contributed by atoms with Crippen LogP contribution in [0, 0.1) is 20.8 Å². The van der Waals surface area contributed by atoms with E-state index in [9.17, 15) is 8.42 Å². The van der Waals surface area contributed by atoms with E-state index in [0.29, 0.717) is 29.0 Å². The first-order chi connectivity index (χ1) is 15.8. The van der Waals surface area contributed by atoms with E-state index in [1.807, 2.05) is 32.0 Å². The molecule has 0 unspecified atom stereocenters. The summed E-state index contributed by atoms with van der Waals surface area (Å²) in [7, 11) is -3.67. The summed E-state index contributed by atoms with van der Waals surface area (Å²) >= 11 is 0. The minimum Gasteiger partial charge on any atom is -0.340 e. The van der Waals surface area contributed by atoms with Crippen LogP contribution < -0.4 is 15.4 Å². The molecule has 33 heavy (non-hydrogen) atoms. The van der Waals surface area contributed by atoms with Gasteiger partial charge < -0.3 is 10.6 Å². The van der Waals surface area contributed by atoms with Crippen molar-refractivity contribution in [2.75, 3.05) is 15.4 Å². The predicted molar refractivity (Wildman–Crippen MR) is 131 cm³/mol. The van der Waals surface area contributed by atoms with Crippen LogP contribution >= 0.6 is 0 Å². The van der Waals surface area contributed by atoms with Crippen LogP contribution in [0.25, 0.3) is 0 Å². The second kappa shape index (κ2) is 9.25. The van der Waals surface area contributed by atoms with Gasteiger partial charge in [0, 0.05) is 23.6 Å². The van der Waals surface area contributed by atoms with E-state index in [0.717, 1.165) is 16.8 Å². The highest BCUT2D eigenvalue weighted by Crippen LogP contribution is 2.23. The van der Waals surface area contributed by atoms with Crippen LogP contribution in [-0.2, 0) is 10.0 Å². The van der Waals surface area contributed by atoms with Gasteiger partial charge in [0.25, 0.3) is 10.0 Å². The molecule has 0 bridgehead atoms. The number of aromatic nitrogens is 3. The normalized spacial score (nSPS) is 11.1. The fourth-order valence-corrected chi connectivity index (χ4v) is 4.27. The Balaban J connectivity index is 1.47. The zero-order chi connectivity index (χ0) is 23.4. The summed E-state index contributed by atoms with van der Waals surface area (Å²) in [6, 6.07) is 19.4. The van der Waals surface area contributed by atoms with E-state index in [2.05, 4.69) is 30.3 Å². The van der Waals surface area contributed by atoms with Crippen molar-refractivity contribution in [1.29, 1.82) is 0 Å². The molecule has 0 amide bonds. The molecule has 2 aromatic carbocycles. The van der Waals surface area contributed by atoms with Gasteiger partial charge in [0.15, 0.2) is 0 Å². The van der Waals surface area contributed by atoms with E-state index < -0.39 is 10.0 Å². The lowest BCUT2D eigenvalue weighted by molar-refractivity contribution is 0.601. The molecule has 0 atom stereocenters. The molecule has 4 aromatic rings. The topological polar surface area (TPSA) is 109 Å². The Kier molecular flexibility index (Phi) is 6.23. The van der Waals surface area contributed by atoms with Gasteiger partial charge in [-0.05, 0) is 80.4 Å². The molecule has 4 rings (SSSR count). The maximum atomic E-state index is 12.7. The van der Waals surface area contributed by atoms with Gasteiger partial charge >= 0.3 is 0 Å². The maximum absolute atomic E-state index is 12.7. The summed E-state index contributed by atoms with van der Waals surface area (Å²) in [5.41, 5.74) is 3.19. The molecular weight excluding hydrogens is 436 g/mol. The third-order valence-electron chi connectivity index (χ3n) is 4.96. The smallest absolute Gasteiger partial charge is 0.261 e. The van der Waals surface area contributed by atoms with E-state index in [4.69, 9.17) is 0 Å². The quantitative estimate of drug-likeness (QED) is 0.353. The van der Waals surface area contributed by atoms with Gasteiger partial charge in [0.05, 0.1) is 4.90 Å². The van der Waals surface area contributed by atoms with Crippen molar-refractivity contribution in [3.05, 3.63) is 89.9 Å². The first kappa shape index (κ1) is 22.2. The Hall–Kier alpha value is -3.98. The molecule has 8 nitrogen and oxygen atoms in total. The van der Waals surface area contributed by atoms with Crippen molar-refractivity contribution in [3.63, 3.8) is 0 Å². The molecule has 9 heteroatoms. The van der Waals surface area contributed by atoms with E-state index >= 15 is 0 Å². The van der Waals surface area contributed by atoms with Gasteiger partial charge in [-0.1, -0.05) is 12.1 Å². The fourth-order valence-electron chi connectivity index (χ4n) is 3.13. The molecule has 0 spiro atoms. The van der Waals surface area contributed by atoms with Gasteiger partial charge in [0.2, 0.25) is 0 Å². The number of benzene rings is 2. The molecule has 0 aliphatic rings. The van der Waals surface area contributed by atoms with Crippen LogP contribution in [0.5, 0.6) is 0 Å². The Morgan fingerprint density at radius 1 is 0.697 bits per heavy atom. The Bertz CT molecular complexity index is 1370. The fraction of sp³-hybridized carbons (Fsp3) is 0.125.